The molecule has 2 N–H and O–H groups in total. The van der Waals surface area contributed by atoms with Crippen LogP contribution < -0.4 is 29.1 Å². The van der Waals surface area contributed by atoms with Gasteiger partial charge in [0.2, 0.25) is 5.91 Å². The van der Waals surface area contributed by atoms with Crippen molar-refractivity contribution in [2.24, 2.45) is 0 Å². The van der Waals surface area contributed by atoms with Crippen molar-refractivity contribution in [1.82, 2.24) is 5.32 Å². The molecular formula is C33H34FN3O7S. The molecule has 0 radical (unpaired) electrons. The Morgan fingerprint density at radius 3 is 2.22 bits per heavy atom. The van der Waals surface area contributed by atoms with E-state index in [1.165, 1.54) is 12.1 Å². The Bertz CT molecular complexity index is 1730. The van der Waals surface area contributed by atoms with Crippen LogP contribution in [0, 0.1) is 5.82 Å². The number of anilines is 2. The van der Waals surface area contributed by atoms with Gasteiger partial charge in [0.1, 0.15) is 18.1 Å². The van der Waals surface area contributed by atoms with Crippen molar-refractivity contribution in [3.05, 3.63) is 108 Å². The summed E-state index contributed by atoms with van der Waals surface area (Å²) >= 11 is 0. The van der Waals surface area contributed by atoms with Crippen molar-refractivity contribution in [3.8, 4) is 17.2 Å². The molecule has 236 valence electrons. The molecular weight excluding hydrogens is 601 g/mol. The first-order chi connectivity index (χ1) is 21.7. The first kappa shape index (κ1) is 32.8. The van der Waals surface area contributed by atoms with Crippen molar-refractivity contribution < 1.29 is 36.6 Å². The number of halogens is 1. The molecule has 0 aliphatic rings. The maximum absolute atomic E-state index is 13.6. The van der Waals surface area contributed by atoms with Crippen LogP contribution in [-0.2, 0) is 21.2 Å². The molecule has 0 aromatic heterocycles. The average Bonchev–Trinajstić information content (AvgIpc) is 3.04. The molecule has 4 rings (SSSR count). The van der Waals surface area contributed by atoms with Gasteiger partial charge in [0.25, 0.3) is 15.9 Å². The highest BCUT2D eigenvalue weighted by Crippen LogP contribution is 2.28. The zero-order chi connectivity index (χ0) is 32.4. The average molecular weight is 636 g/mol. The Kier molecular flexibility index (Phi) is 11.0. The van der Waals surface area contributed by atoms with E-state index in [9.17, 15) is 22.4 Å². The van der Waals surface area contributed by atoms with E-state index in [0.717, 1.165) is 34.1 Å². The lowest BCUT2D eigenvalue weighted by Crippen LogP contribution is -2.38. The minimum atomic E-state index is -4.29. The maximum Gasteiger partial charge on any atom is 0.264 e. The van der Waals surface area contributed by atoms with Gasteiger partial charge in [-0.05, 0) is 91.7 Å². The third kappa shape index (κ3) is 8.30. The fraction of sp³-hybridized carbons (Fsp3) is 0.212. The van der Waals surface area contributed by atoms with Crippen molar-refractivity contribution in [1.29, 1.82) is 0 Å². The number of sulfonamides is 1. The number of methoxy groups -OCH3 is 2. The molecule has 0 atom stereocenters. The smallest absolute Gasteiger partial charge is 0.264 e. The van der Waals surface area contributed by atoms with Crippen molar-refractivity contribution >= 4 is 33.2 Å². The van der Waals surface area contributed by atoms with Crippen molar-refractivity contribution in [2.45, 2.75) is 18.2 Å². The van der Waals surface area contributed by atoms with Crippen LogP contribution >= 0.6 is 0 Å². The molecule has 4 aromatic rings. The Balaban J connectivity index is 1.50. The third-order valence-corrected chi connectivity index (χ3v) is 8.51. The fourth-order valence-corrected chi connectivity index (χ4v) is 5.91. The fourth-order valence-electron chi connectivity index (χ4n) is 4.49. The summed E-state index contributed by atoms with van der Waals surface area (Å²) in [6.07, 6.45) is 0.513. The number of ether oxygens (including phenoxy) is 3. The van der Waals surface area contributed by atoms with Gasteiger partial charge >= 0.3 is 0 Å². The molecule has 4 aromatic carbocycles. The molecule has 45 heavy (non-hydrogen) atoms. The van der Waals surface area contributed by atoms with Gasteiger partial charge in [0.15, 0.2) is 11.5 Å². The van der Waals surface area contributed by atoms with Gasteiger partial charge in [-0.1, -0.05) is 18.2 Å². The van der Waals surface area contributed by atoms with Gasteiger partial charge < -0.3 is 24.8 Å². The normalized spacial score (nSPS) is 10.9. The van der Waals surface area contributed by atoms with Crippen LogP contribution in [0.5, 0.6) is 17.2 Å². The van der Waals surface area contributed by atoms with E-state index < -0.39 is 34.2 Å². The van der Waals surface area contributed by atoms with Crippen LogP contribution in [0.2, 0.25) is 0 Å². The number of carbonyl (C=O) groups is 2. The highest BCUT2D eigenvalue weighted by Gasteiger charge is 2.28. The minimum absolute atomic E-state index is 0.194. The first-order valence-electron chi connectivity index (χ1n) is 14.1. The van der Waals surface area contributed by atoms with E-state index in [-0.39, 0.29) is 21.8 Å². The molecule has 0 saturated heterocycles. The number of carbonyl (C=O) groups excluding carboxylic acids is 2. The zero-order valence-electron chi connectivity index (χ0n) is 25.1. The van der Waals surface area contributed by atoms with Crippen LogP contribution in [-0.4, -0.2) is 54.1 Å². The summed E-state index contributed by atoms with van der Waals surface area (Å²) < 4.78 is 57.8. The predicted molar refractivity (Wildman–Crippen MR) is 169 cm³/mol. The highest BCUT2D eigenvalue weighted by atomic mass is 32.2. The molecule has 0 unspecified atom stereocenters. The number of nitrogens with zero attached hydrogens (tertiary/aromatic N) is 1. The molecule has 0 heterocycles. The monoisotopic (exact) mass is 635 g/mol. The molecule has 2 amide bonds. The molecule has 0 saturated carbocycles. The number of hydrogen-bond acceptors (Lipinski definition) is 7. The van der Waals surface area contributed by atoms with E-state index in [1.807, 2.05) is 19.1 Å². The van der Waals surface area contributed by atoms with E-state index in [4.69, 9.17) is 14.2 Å². The van der Waals surface area contributed by atoms with E-state index in [2.05, 4.69) is 10.6 Å². The number of nitrogens with one attached hydrogen (secondary N) is 2. The Morgan fingerprint density at radius 1 is 0.867 bits per heavy atom. The zero-order valence-corrected chi connectivity index (χ0v) is 25.9. The molecule has 10 nitrogen and oxygen atoms in total. The highest BCUT2D eigenvalue weighted by molar-refractivity contribution is 7.92. The summed E-state index contributed by atoms with van der Waals surface area (Å²) in [5.74, 6) is -0.0146. The third-order valence-electron chi connectivity index (χ3n) is 6.72. The van der Waals surface area contributed by atoms with Crippen LogP contribution in [0.1, 0.15) is 22.8 Å². The second kappa shape index (κ2) is 15.1. The second-order valence-electron chi connectivity index (χ2n) is 9.68. The number of benzene rings is 4. The van der Waals surface area contributed by atoms with E-state index >= 15 is 0 Å². The predicted octanol–water partition coefficient (Wildman–Crippen LogP) is 5.05. The number of rotatable bonds is 14. The Hall–Kier alpha value is -5.10. The summed E-state index contributed by atoms with van der Waals surface area (Å²) in [6, 6.07) is 22.4. The van der Waals surface area contributed by atoms with Gasteiger partial charge in [-0.3, -0.25) is 13.9 Å². The van der Waals surface area contributed by atoms with Gasteiger partial charge in [0, 0.05) is 6.54 Å². The molecule has 0 bridgehead atoms. The SMILES string of the molecule is CCOc1ccc(N(CC(=O)Nc2ccccc2C(=O)NCCc2ccc(OC)c(OC)c2)S(=O)(=O)c2ccc(F)cc2)cc1. The van der Waals surface area contributed by atoms with Gasteiger partial charge in [-0.2, -0.15) is 0 Å². The van der Waals surface area contributed by atoms with Crippen LogP contribution in [0.4, 0.5) is 15.8 Å². The summed E-state index contributed by atoms with van der Waals surface area (Å²) in [5.41, 5.74) is 1.52. The lowest BCUT2D eigenvalue weighted by molar-refractivity contribution is -0.114. The number of amides is 2. The molecule has 12 heteroatoms. The minimum Gasteiger partial charge on any atom is -0.494 e. The summed E-state index contributed by atoms with van der Waals surface area (Å²) in [7, 11) is -1.19. The van der Waals surface area contributed by atoms with Crippen LogP contribution in [0.15, 0.2) is 95.9 Å². The molecule has 0 aliphatic heterocycles. The summed E-state index contributed by atoms with van der Waals surface area (Å²) in [5, 5.41) is 5.52. The van der Waals surface area contributed by atoms with Crippen LogP contribution in [0.3, 0.4) is 0 Å². The summed E-state index contributed by atoms with van der Waals surface area (Å²) in [4.78, 5) is 26.2. The Labute approximate surface area is 261 Å². The topological polar surface area (TPSA) is 123 Å². The Morgan fingerprint density at radius 2 is 1.56 bits per heavy atom. The van der Waals surface area contributed by atoms with Crippen molar-refractivity contribution in [2.75, 3.05) is 43.5 Å². The standard InChI is InChI=1S/C33H34FN3O7S/c1-4-44-26-14-12-25(13-15-26)37(45(40,41)27-16-10-24(34)11-17-27)22-32(38)36-29-8-6-5-7-28(29)33(39)35-20-19-23-9-18-30(42-2)31(21-23)43-3/h5-18,21H,4,19-20,22H2,1-3H3,(H,35,39)(H,36,38). The molecule has 0 spiro atoms. The largest absolute Gasteiger partial charge is 0.494 e. The first-order valence-corrected chi connectivity index (χ1v) is 15.5. The lowest BCUT2D eigenvalue weighted by atomic mass is 10.1. The van der Waals surface area contributed by atoms with E-state index in [0.29, 0.717) is 36.8 Å². The maximum atomic E-state index is 13.6. The number of para-hydroxylation sites is 1. The molecule has 0 fully saturated rings. The van der Waals surface area contributed by atoms with Gasteiger partial charge in [-0.25, -0.2) is 12.8 Å². The van der Waals surface area contributed by atoms with Crippen molar-refractivity contribution in [3.63, 3.8) is 0 Å². The van der Waals surface area contributed by atoms with Gasteiger partial charge in [-0.15, -0.1) is 0 Å². The van der Waals surface area contributed by atoms with Gasteiger partial charge in [0.05, 0.1) is 42.7 Å². The van der Waals surface area contributed by atoms with E-state index in [1.54, 1.807) is 56.7 Å². The number of hydrogen-bond donors (Lipinski definition) is 2. The molecule has 0 aliphatic carbocycles. The van der Waals surface area contributed by atoms with Crippen LogP contribution in [0.25, 0.3) is 0 Å². The summed E-state index contributed by atoms with van der Waals surface area (Å²) in [6.45, 7) is 1.92. The quantitative estimate of drug-likeness (QED) is 0.199. The lowest BCUT2D eigenvalue weighted by Gasteiger charge is -2.24. The second-order valence-corrected chi connectivity index (χ2v) is 11.5.